The van der Waals surface area contributed by atoms with E-state index in [0.29, 0.717) is 11.4 Å². The molecule has 0 aliphatic rings. The Hall–Kier alpha value is -1.81. The van der Waals surface area contributed by atoms with Crippen molar-refractivity contribution in [2.75, 3.05) is 7.11 Å². The van der Waals surface area contributed by atoms with Gasteiger partial charge in [-0.05, 0) is 12.5 Å². The molecule has 17 heavy (non-hydrogen) atoms. The van der Waals surface area contributed by atoms with Crippen LogP contribution in [0.3, 0.4) is 0 Å². The van der Waals surface area contributed by atoms with E-state index >= 15 is 0 Å². The van der Waals surface area contributed by atoms with Gasteiger partial charge in [-0.25, -0.2) is 0 Å². The molecular weight excluding hydrogens is 216 g/mol. The smallest absolute Gasteiger partial charge is 0.163 e. The summed E-state index contributed by atoms with van der Waals surface area (Å²) in [6.45, 7) is 1.74. The summed E-state index contributed by atoms with van der Waals surface area (Å²) in [5.74, 6) is 0.585. The number of rotatable bonds is 3. The van der Waals surface area contributed by atoms with Crippen molar-refractivity contribution in [1.82, 2.24) is 9.78 Å². The first-order valence-electron chi connectivity index (χ1n) is 5.41. The van der Waals surface area contributed by atoms with Crippen LogP contribution in [0.4, 0.5) is 0 Å². The van der Waals surface area contributed by atoms with Gasteiger partial charge in [-0.3, -0.25) is 4.68 Å². The Morgan fingerprint density at radius 1 is 1.29 bits per heavy atom. The molecule has 1 unspecified atom stereocenters. The van der Waals surface area contributed by atoms with Crippen LogP contribution in [0.15, 0.2) is 36.5 Å². The zero-order valence-electron chi connectivity index (χ0n) is 10.2. The summed E-state index contributed by atoms with van der Waals surface area (Å²) >= 11 is 0. The van der Waals surface area contributed by atoms with E-state index in [1.54, 1.807) is 32.0 Å². The van der Waals surface area contributed by atoms with Crippen molar-refractivity contribution in [2.45, 2.75) is 12.5 Å². The van der Waals surface area contributed by atoms with Gasteiger partial charge in [0, 0.05) is 7.05 Å². The molecule has 0 aliphatic carbocycles. The second-order valence-electron chi connectivity index (χ2n) is 4.12. The number of aromatic nitrogens is 2. The predicted molar refractivity (Wildman–Crippen MR) is 64.9 cm³/mol. The highest BCUT2D eigenvalue weighted by atomic mass is 16.5. The molecule has 0 amide bonds. The molecule has 0 radical (unpaired) electrons. The average molecular weight is 232 g/mol. The van der Waals surface area contributed by atoms with Gasteiger partial charge in [-0.1, -0.05) is 30.3 Å². The molecule has 1 aromatic heterocycles. The molecule has 4 nitrogen and oxygen atoms in total. The van der Waals surface area contributed by atoms with Gasteiger partial charge in [0.15, 0.2) is 5.75 Å². The van der Waals surface area contributed by atoms with Gasteiger partial charge in [-0.2, -0.15) is 5.10 Å². The summed E-state index contributed by atoms with van der Waals surface area (Å²) in [5, 5.41) is 14.8. The minimum Gasteiger partial charge on any atom is -0.493 e. The zero-order chi connectivity index (χ0) is 12.5. The van der Waals surface area contributed by atoms with Crippen LogP contribution in [0.1, 0.15) is 18.2 Å². The van der Waals surface area contributed by atoms with Gasteiger partial charge in [-0.15, -0.1) is 0 Å². The summed E-state index contributed by atoms with van der Waals surface area (Å²) < 4.78 is 6.86. The van der Waals surface area contributed by atoms with Crippen molar-refractivity contribution in [2.24, 2.45) is 7.05 Å². The number of hydrogen-bond acceptors (Lipinski definition) is 3. The van der Waals surface area contributed by atoms with Crippen LogP contribution in [-0.2, 0) is 12.6 Å². The number of hydrogen-bond donors (Lipinski definition) is 1. The van der Waals surface area contributed by atoms with E-state index in [2.05, 4.69) is 5.10 Å². The highest BCUT2D eigenvalue weighted by molar-refractivity contribution is 5.39. The number of methoxy groups -OCH3 is 1. The Bertz CT molecular complexity index is 503. The molecule has 0 aliphatic heterocycles. The summed E-state index contributed by atoms with van der Waals surface area (Å²) in [7, 11) is 3.36. The molecule has 2 aromatic rings. The maximum atomic E-state index is 10.7. The lowest BCUT2D eigenvalue weighted by atomic mass is 9.92. The molecular formula is C13H16N2O2. The molecule has 1 heterocycles. The lowest BCUT2D eigenvalue weighted by Crippen LogP contribution is -2.26. The topological polar surface area (TPSA) is 47.3 Å². The molecule has 0 bridgehead atoms. The quantitative estimate of drug-likeness (QED) is 0.876. The molecule has 4 heteroatoms. The van der Waals surface area contributed by atoms with Crippen LogP contribution in [-0.4, -0.2) is 22.0 Å². The van der Waals surface area contributed by atoms with Crippen LogP contribution in [0.5, 0.6) is 5.75 Å². The number of aliphatic hydroxyl groups is 1. The Kier molecular flexibility index (Phi) is 2.90. The minimum atomic E-state index is -1.13. The molecule has 0 saturated carbocycles. The highest BCUT2D eigenvalue weighted by Gasteiger charge is 2.32. The highest BCUT2D eigenvalue weighted by Crippen LogP contribution is 2.34. The second kappa shape index (κ2) is 4.22. The van der Waals surface area contributed by atoms with E-state index < -0.39 is 5.60 Å². The van der Waals surface area contributed by atoms with Crippen molar-refractivity contribution in [3.8, 4) is 5.75 Å². The molecule has 0 saturated heterocycles. The van der Waals surface area contributed by atoms with E-state index in [9.17, 15) is 5.11 Å². The summed E-state index contributed by atoms with van der Waals surface area (Å²) in [5.41, 5.74) is 0.325. The maximum Gasteiger partial charge on any atom is 0.163 e. The summed E-state index contributed by atoms with van der Waals surface area (Å²) in [6, 6.07) is 9.47. The van der Waals surface area contributed by atoms with Crippen molar-refractivity contribution in [3.05, 3.63) is 47.8 Å². The number of nitrogens with zero attached hydrogens (tertiary/aromatic N) is 2. The monoisotopic (exact) mass is 232 g/mol. The number of aryl methyl sites for hydroxylation is 1. The Morgan fingerprint density at radius 2 is 1.94 bits per heavy atom. The van der Waals surface area contributed by atoms with Gasteiger partial charge in [0.25, 0.3) is 0 Å². The van der Waals surface area contributed by atoms with E-state index in [1.807, 2.05) is 30.3 Å². The number of benzene rings is 1. The minimum absolute atomic E-state index is 0.585. The molecule has 0 fully saturated rings. The van der Waals surface area contributed by atoms with Gasteiger partial charge < -0.3 is 9.84 Å². The van der Waals surface area contributed by atoms with Crippen LogP contribution >= 0.6 is 0 Å². The third-order valence-electron chi connectivity index (χ3n) is 2.92. The predicted octanol–water partition coefficient (Wildman–Crippen LogP) is 1.68. The molecule has 1 N–H and O–H groups in total. The lowest BCUT2D eigenvalue weighted by Gasteiger charge is -2.25. The Labute approximate surface area is 100 Å². The Balaban J connectivity index is 2.55. The zero-order valence-corrected chi connectivity index (χ0v) is 10.2. The first-order valence-corrected chi connectivity index (χ1v) is 5.41. The van der Waals surface area contributed by atoms with Crippen molar-refractivity contribution < 1.29 is 9.84 Å². The van der Waals surface area contributed by atoms with Crippen molar-refractivity contribution in [3.63, 3.8) is 0 Å². The SMILES string of the molecule is COc1cnn(C)c1C(C)(O)c1ccccc1. The molecule has 0 spiro atoms. The van der Waals surface area contributed by atoms with Crippen LogP contribution in [0.2, 0.25) is 0 Å². The van der Waals surface area contributed by atoms with Crippen LogP contribution in [0, 0.1) is 0 Å². The molecule has 1 aromatic carbocycles. The fourth-order valence-corrected chi connectivity index (χ4v) is 2.02. The lowest BCUT2D eigenvalue weighted by molar-refractivity contribution is 0.0897. The second-order valence-corrected chi connectivity index (χ2v) is 4.12. The fourth-order valence-electron chi connectivity index (χ4n) is 2.02. The average Bonchev–Trinajstić information content (AvgIpc) is 2.72. The van der Waals surface area contributed by atoms with E-state index in [0.717, 1.165) is 5.56 Å². The Morgan fingerprint density at radius 3 is 2.53 bits per heavy atom. The first kappa shape index (κ1) is 11.7. The largest absolute Gasteiger partial charge is 0.493 e. The molecule has 1 atom stereocenters. The van der Waals surface area contributed by atoms with Crippen molar-refractivity contribution in [1.29, 1.82) is 0 Å². The summed E-state index contributed by atoms with van der Waals surface area (Å²) in [4.78, 5) is 0. The van der Waals surface area contributed by atoms with E-state index in [4.69, 9.17) is 4.74 Å². The van der Waals surface area contributed by atoms with Gasteiger partial charge in [0.1, 0.15) is 11.3 Å². The third-order valence-corrected chi connectivity index (χ3v) is 2.92. The fraction of sp³-hybridized carbons (Fsp3) is 0.308. The summed E-state index contributed by atoms with van der Waals surface area (Å²) in [6.07, 6.45) is 1.60. The molecule has 90 valence electrons. The standard InChI is InChI=1S/C13H16N2O2/c1-13(16,10-7-5-4-6-8-10)12-11(17-3)9-14-15(12)2/h4-9,16H,1-3H3. The number of ether oxygens (including phenoxy) is 1. The third kappa shape index (κ3) is 1.91. The van der Waals surface area contributed by atoms with E-state index in [1.165, 1.54) is 0 Å². The van der Waals surface area contributed by atoms with Crippen LogP contribution < -0.4 is 4.74 Å². The maximum absolute atomic E-state index is 10.7. The first-order chi connectivity index (χ1) is 8.07. The van der Waals surface area contributed by atoms with Gasteiger partial charge in [0.05, 0.1) is 13.3 Å². The normalized spacial score (nSPS) is 14.4. The van der Waals surface area contributed by atoms with Gasteiger partial charge >= 0.3 is 0 Å². The van der Waals surface area contributed by atoms with E-state index in [-0.39, 0.29) is 0 Å². The van der Waals surface area contributed by atoms with Crippen LogP contribution in [0.25, 0.3) is 0 Å². The van der Waals surface area contributed by atoms with Gasteiger partial charge in [0.2, 0.25) is 0 Å². The van der Waals surface area contributed by atoms with Crippen molar-refractivity contribution >= 4 is 0 Å². The molecule has 2 rings (SSSR count).